The van der Waals surface area contributed by atoms with Crippen LogP contribution < -0.4 is 5.32 Å². The maximum Gasteiger partial charge on any atom is 0.223 e. The van der Waals surface area contributed by atoms with Crippen molar-refractivity contribution < 1.29 is 4.79 Å². The van der Waals surface area contributed by atoms with Crippen LogP contribution >= 0.6 is 11.3 Å². The Bertz CT molecular complexity index is 704. The van der Waals surface area contributed by atoms with Gasteiger partial charge in [0.2, 0.25) is 5.91 Å². The number of likely N-dealkylation sites (tertiary alicyclic amines) is 1. The fraction of sp³-hybridized carbons (Fsp3) is 0.526. The van der Waals surface area contributed by atoms with E-state index in [2.05, 4.69) is 58.5 Å². The highest BCUT2D eigenvalue weighted by Gasteiger charge is 2.28. The number of hydrogen-bond acceptors (Lipinski definition) is 5. The molecule has 1 fully saturated rings. The number of amides is 1. The number of aromatic nitrogens is 2. The Balaban J connectivity index is 1.46. The number of aryl methyl sites for hydroxylation is 2. The van der Waals surface area contributed by atoms with Gasteiger partial charge in [-0.25, -0.2) is 0 Å². The predicted octanol–water partition coefficient (Wildman–Crippen LogP) is 3.24. The molecule has 1 unspecified atom stereocenters. The van der Waals surface area contributed by atoms with Crippen LogP contribution in [-0.2, 0) is 11.3 Å². The molecule has 1 aromatic heterocycles. The second kappa shape index (κ2) is 8.06. The number of hydrogen-bond donors (Lipinski definition) is 1. The third-order valence-electron chi connectivity index (χ3n) is 4.93. The van der Waals surface area contributed by atoms with Gasteiger partial charge in [-0.1, -0.05) is 29.8 Å². The molecule has 0 saturated carbocycles. The van der Waals surface area contributed by atoms with E-state index in [0.717, 1.165) is 41.5 Å². The molecule has 0 aliphatic carbocycles. The van der Waals surface area contributed by atoms with Crippen molar-refractivity contribution in [1.29, 1.82) is 0 Å². The fourth-order valence-corrected chi connectivity index (χ4v) is 4.01. The lowest BCUT2D eigenvalue weighted by molar-refractivity contribution is -0.126. The SMILES string of the molecule is Cc1ccc(CNC(=O)C2CCN(C(C)c3nnc(C)s3)CC2)cc1. The van der Waals surface area contributed by atoms with Crippen LogP contribution in [0.25, 0.3) is 0 Å². The summed E-state index contributed by atoms with van der Waals surface area (Å²) in [5, 5.41) is 13.5. The highest BCUT2D eigenvalue weighted by Crippen LogP contribution is 2.28. The van der Waals surface area contributed by atoms with Crippen LogP contribution in [0.2, 0.25) is 0 Å². The van der Waals surface area contributed by atoms with Crippen LogP contribution in [-0.4, -0.2) is 34.1 Å². The summed E-state index contributed by atoms with van der Waals surface area (Å²) in [4.78, 5) is 14.8. The van der Waals surface area contributed by atoms with E-state index in [4.69, 9.17) is 0 Å². The van der Waals surface area contributed by atoms with E-state index in [-0.39, 0.29) is 17.9 Å². The molecule has 5 nitrogen and oxygen atoms in total. The van der Waals surface area contributed by atoms with E-state index < -0.39 is 0 Å². The van der Waals surface area contributed by atoms with Crippen LogP contribution in [0.4, 0.5) is 0 Å². The Kier molecular flexibility index (Phi) is 5.81. The van der Waals surface area contributed by atoms with Gasteiger partial charge in [-0.05, 0) is 52.3 Å². The molecule has 2 heterocycles. The predicted molar refractivity (Wildman–Crippen MR) is 100 cm³/mol. The van der Waals surface area contributed by atoms with Crippen molar-refractivity contribution >= 4 is 17.2 Å². The van der Waals surface area contributed by atoms with Crippen LogP contribution in [0.5, 0.6) is 0 Å². The first-order chi connectivity index (χ1) is 12.0. The number of piperidine rings is 1. The fourth-order valence-electron chi connectivity index (χ4n) is 3.23. The van der Waals surface area contributed by atoms with Gasteiger partial charge in [-0.2, -0.15) is 0 Å². The van der Waals surface area contributed by atoms with Gasteiger partial charge in [0.05, 0.1) is 6.04 Å². The minimum atomic E-state index is 0.116. The molecule has 1 aliphatic rings. The monoisotopic (exact) mass is 358 g/mol. The largest absolute Gasteiger partial charge is 0.352 e. The van der Waals surface area contributed by atoms with Gasteiger partial charge in [-0.3, -0.25) is 9.69 Å². The molecular weight excluding hydrogens is 332 g/mol. The molecule has 1 saturated heterocycles. The van der Waals surface area contributed by atoms with Crippen molar-refractivity contribution in [2.75, 3.05) is 13.1 Å². The van der Waals surface area contributed by atoms with E-state index >= 15 is 0 Å². The Morgan fingerprint density at radius 3 is 2.52 bits per heavy atom. The van der Waals surface area contributed by atoms with Crippen molar-refractivity contribution in [3.05, 3.63) is 45.4 Å². The van der Waals surface area contributed by atoms with E-state index in [0.29, 0.717) is 6.54 Å². The molecule has 134 valence electrons. The molecule has 1 aliphatic heterocycles. The lowest BCUT2D eigenvalue weighted by Gasteiger charge is -2.34. The van der Waals surface area contributed by atoms with Gasteiger partial charge in [-0.15, -0.1) is 21.5 Å². The summed E-state index contributed by atoms with van der Waals surface area (Å²) in [6, 6.07) is 8.59. The zero-order valence-electron chi connectivity index (χ0n) is 15.2. The lowest BCUT2D eigenvalue weighted by Crippen LogP contribution is -2.41. The summed E-state index contributed by atoms with van der Waals surface area (Å²) >= 11 is 1.66. The van der Waals surface area contributed by atoms with E-state index in [1.54, 1.807) is 11.3 Å². The van der Waals surface area contributed by atoms with Crippen LogP contribution in [0.3, 0.4) is 0 Å². The summed E-state index contributed by atoms with van der Waals surface area (Å²) in [5.41, 5.74) is 2.39. The van der Waals surface area contributed by atoms with Crippen molar-refractivity contribution in [2.24, 2.45) is 5.92 Å². The first kappa shape index (κ1) is 18.0. The van der Waals surface area contributed by atoms with Crippen molar-refractivity contribution in [3.63, 3.8) is 0 Å². The Morgan fingerprint density at radius 1 is 1.24 bits per heavy atom. The molecule has 0 radical (unpaired) electrons. The second-order valence-electron chi connectivity index (χ2n) is 6.85. The summed E-state index contributed by atoms with van der Waals surface area (Å²) in [6.45, 7) is 8.71. The van der Waals surface area contributed by atoms with Gasteiger partial charge < -0.3 is 5.32 Å². The molecule has 25 heavy (non-hydrogen) atoms. The first-order valence-corrected chi connectivity index (χ1v) is 9.72. The zero-order valence-corrected chi connectivity index (χ0v) is 16.0. The van der Waals surface area contributed by atoms with Crippen molar-refractivity contribution in [1.82, 2.24) is 20.4 Å². The maximum absolute atomic E-state index is 12.4. The third-order valence-corrected chi connectivity index (χ3v) is 5.94. The number of carbonyl (C=O) groups excluding carboxylic acids is 1. The topological polar surface area (TPSA) is 58.1 Å². The molecule has 1 aromatic carbocycles. The Morgan fingerprint density at radius 2 is 1.92 bits per heavy atom. The molecular formula is C19H26N4OS. The van der Waals surface area contributed by atoms with Crippen LogP contribution in [0.1, 0.15) is 46.9 Å². The summed E-state index contributed by atoms with van der Waals surface area (Å²) in [7, 11) is 0. The minimum Gasteiger partial charge on any atom is -0.352 e. The van der Waals surface area contributed by atoms with Gasteiger partial charge in [0.15, 0.2) is 0 Å². The minimum absolute atomic E-state index is 0.116. The standard InChI is InChI=1S/C19H26N4OS/c1-13-4-6-16(7-5-13)12-20-18(24)17-8-10-23(11-9-17)14(2)19-22-21-15(3)25-19/h4-7,14,17H,8-12H2,1-3H3,(H,20,24). The van der Waals surface area contributed by atoms with Crippen molar-refractivity contribution in [2.45, 2.75) is 46.2 Å². The van der Waals surface area contributed by atoms with E-state index in [1.807, 2.05) is 6.92 Å². The zero-order chi connectivity index (χ0) is 17.8. The summed E-state index contributed by atoms with van der Waals surface area (Å²) < 4.78 is 0. The average Bonchev–Trinajstić information content (AvgIpc) is 3.07. The second-order valence-corrected chi connectivity index (χ2v) is 8.06. The number of benzene rings is 1. The smallest absolute Gasteiger partial charge is 0.223 e. The quantitative estimate of drug-likeness (QED) is 0.891. The van der Waals surface area contributed by atoms with Crippen molar-refractivity contribution in [3.8, 4) is 0 Å². The molecule has 1 amide bonds. The highest BCUT2D eigenvalue weighted by atomic mass is 32.1. The van der Waals surface area contributed by atoms with Crippen LogP contribution in [0.15, 0.2) is 24.3 Å². The van der Waals surface area contributed by atoms with Gasteiger partial charge in [0.1, 0.15) is 10.0 Å². The van der Waals surface area contributed by atoms with Gasteiger partial charge >= 0.3 is 0 Å². The Hall–Kier alpha value is -1.79. The average molecular weight is 359 g/mol. The van der Waals surface area contributed by atoms with E-state index in [1.165, 1.54) is 5.56 Å². The number of nitrogens with zero attached hydrogens (tertiary/aromatic N) is 3. The van der Waals surface area contributed by atoms with E-state index in [9.17, 15) is 4.79 Å². The lowest BCUT2D eigenvalue weighted by atomic mass is 9.95. The number of nitrogens with one attached hydrogen (secondary N) is 1. The molecule has 1 atom stereocenters. The first-order valence-electron chi connectivity index (χ1n) is 8.90. The maximum atomic E-state index is 12.4. The summed E-state index contributed by atoms with van der Waals surface area (Å²) in [6.07, 6.45) is 1.81. The normalized spacial score (nSPS) is 17.4. The van der Waals surface area contributed by atoms with Gasteiger partial charge in [0, 0.05) is 12.5 Å². The Labute approximate surface area is 153 Å². The third kappa shape index (κ3) is 4.64. The van der Waals surface area contributed by atoms with Crippen LogP contribution in [0, 0.1) is 19.8 Å². The van der Waals surface area contributed by atoms with Gasteiger partial charge in [0.25, 0.3) is 0 Å². The molecule has 3 rings (SSSR count). The molecule has 0 spiro atoms. The molecule has 1 N–H and O–H groups in total. The molecule has 2 aromatic rings. The molecule has 0 bridgehead atoms. The highest BCUT2D eigenvalue weighted by molar-refractivity contribution is 7.11. The number of carbonyl (C=O) groups is 1. The number of rotatable bonds is 5. The summed E-state index contributed by atoms with van der Waals surface area (Å²) in [5.74, 6) is 0.296. The molecule has 6 heteroatoms.